The Morgan fingerprint density at radius 3 is 2.64 bits per heavy atom. The lowest BCUT2D eigenvalue weighted by Crippen LogP contribution is -2.54. The molecule has 0 saturated carbocycles. The van der Waals surface area contributed by atoms with Crippen LogP contribution >= 0.6 is 22.6 Å². The van der Waals surface area contributed by atoms with Crippen LogP contribution in [0.2, 0.25) is 0 Å². The fraction of sp³-hybridized carbons (Fsp3) is 0.273. The summed E-state index contributed by atoms with van der Waals surface area (Å²) in [7, 11) is 1.52. The number of benzene rings is 3. The molecule has 1 aliphatic carbocycles. The van der Waals surface area contributed by atoms with Crippen LogP contribution in [-0.2, 0) is 11.3 Å². The van der Waals surface area contributed by atoms with E-state index in [9.17, 15) is 19.8 Å². The number of furan rings is 1. The maximum absolute atomic E-state index is 14.4. The zero-order valence-electron chi connectivity index (χ0n) is 24.3. The molecular weight excluding hydrogens is 695 g/mol. The van der Waals surface area contributed by atoms with Crippen molar-refractivity contribution in [3.05, 3.63) is 93.3 Å². The summed E-state index contributed by atoms with van der Waals surface area (Å²) in [4.78, 5) is 29.1. The molecule has 0 saturated heterocycles. The Labute approximate surface area is 272 Å². The molecule has 12 heteroatoms. The standard InChI is InChI=1S/C33H31IN2O9/c1-41-26-8-4-5-20-15-29(45-31(20)26)33(40)36(17-19-9-10-25-27(13-19)43-18-42-25)23-14-21(32(39)35-11-12-37)16-28(30(23)38)44-24-7-3-2-6-22(24)34/h2-10,13,15-16,23,28,30,37-38H,11-12,14,17-18H2,1H3,(H,35,39)/t23-,28+,30+/m1/s1. The van der Waals surface area contributed by atoms with E-state index in [-0.39, 0.29) is 38.7 Å². The van der Waals surface area contributed by atoms with Gasteiger partial charge in [0, 0.05) is 30.5 Å². The number of methoxy groups -OCH3 is 1. The first-order valence-corrected chi connectivity index (χ1v) is 15.4. The average molecular weight is 727 g/mol. The van der Waals surface area contributed by atoms with Gasteiger partial charge in [0.25, 0.3) is 5.91 Å². The van der Waals surface area contributed by atoms with Gasteiger partial charge in [-0.2, -0.15) is 0 Å². The molecule has 0 bridgehead atoms. The number of rotatable bonds is 10. The third kappa shape index (κ3) is 6.44. The van der Waals surface area contributed by atoms with Gasteiger partial charge < -0.3 is 43.8 Å². The minimum Gasteiger partial charge on any atom is -0.493 e. The number of fused-ring (bicyclic) bond motifs is 2. The Bertz CT molecular complexity index is 1750. The molecule has 0 fully saturated rings. The molecule has 2 heterocycles. The van der Waals surface area contributed by atoms with Gasteiger partial charge in [-0.25, -0.2) is 0 Å². The summed E-state index contributed by atoms with van der Waals surface area (Å²) in [6.45, 7) is -0.0475. The van der Waals surface area contributed by atoms with Crippen molar-refractivity contribution < 1.29 is 43.2 Å². The van der Waals surface area contributed by atoms with E-state index >= 15 is 0 Å². The SMILES string of the molecule is COc1cccc2cc(C(=O)N(Cc3ccc4c(c3)OCO4)[C@@H]3CC(C(=O)NCCO)=C[C@H](Oc4ccccc4I)[C@H]3O)oc12. The number of hydrogen-bond donors (Lipinski definition) is 3. The van der Waals surface area contributed by atoms with E-state index in [0.717, 1.165) is 3.57 Å². The highest BCUT2D eigenvalue weighted by Gasteiger charge is 2.41. The van der Waals surface area contributed by atoms with Gasteiger partial charge in [-0.05, 0) is 70.6 Å². The van der Waals surface area contributed by atoms with Crippen molar-refractivity contribution in [2.24, 2.45) is 0 Å². The Hall–Kier alpha value is -4.27. The number of carbonyl (C=O) groups is 2. The topological polar surface area (TPSA) is 140 Å². The average Bonchev–Trinajstić information content (AvgIpc) is 3.71. The molecule has 234 valence electrons. The number of nitrogens with zero attached hydrogens (tertiary/aromatic N) is 1. The number of hydrogen-bond acceptors (Lipinski definition) is 9. The first-order valence-electron chi connectivity index (χ1n) is 14.3. The second-order valence-corrected chi connectivity index (χ2v) is 11.7. The monoisotopic (exact) mass is 726 g/mol. The van der Waals surface area contributed by atoms with E-state index in [0.29, 0.717) is 45.1 Å². The van der Waals surface area contributed by atoms with Crippen molar-refractivity contribution in [2.75, 3.05) is 27.1 Å². The van der Waals surface area contributed by atoms with Crippen LogP contribution in [0.4, 0.5) is 0 Å². The summed E-state index contributed by atoms with van der Waals surface area (Å²) in [5, 5.41) is 24.5. The van der Waals surface area contributed by atoms with E-state index in [2.05, 4.69) is 27.9 Å². The number of carbonyl (C=O) groups excluding carboxylic acids is 2. The number of aliphatic hydroxyl groups excluding tert-OH is 2. The summed E-state index contributed by atoms with van der Waals surface area (Å²) in [6.07, 6.45) is -0.611. The maximum Gasteiger partial charge on any atom is 0.290 e. The molecule has 2 amide bonds. The summed E-state index contributed by atoms with van der Waals surface area (Å²) in [5.74, 6) is 1.24. The number of halogens is 1. The molecule has 0 radical (unpaired) electrons. The maximum atomic E-state index is 14.4. The highest BCUT2D eigenvalue weighted by atomic mass is 127. The third-order valence-electron chi connectivity index (χ3n) is 7.70. The van der Waals surface area contributed by atoms with Crippen LogP contribution in [-0.4, -0.2) is 72.2 Å². The molecule has 3 aromatic carbocycles. The predicted octanol–water partition coefficient (Wildman–Crippen LogP) is 4.03. The van der Waals surface area contributed by atoms with Gasteiger partial charge in [0.2, 0.25) is 12.7 Å². The van der Waals surface area contributed by atoms with Crippen molar-refractivity contribution in [3.63, 3.8) is 0 Å². The zero-order valence-corrected chi connectivity index (χ0v) is 26.4. The molecule has 6 rings (SSSR count). The van der Waals surface area contributed by atoms with Gasteiger partial charge in [0.1, 0.15) is 18.0 Å². The van der Waals surface area contributed by atoms with Crippen LogP contribution in [0, 0.1) is 3.57 Å². The largest absolute Gasteiger partial charge is 0.493 e. The number of ether oxygens (including phenoxy) is 4. The van der Waals surface area contributed by atoms with E-state index < -0.39 is 30.1 Å². The van der Waals surface area contributed by atoms with Crippen LogP contribution < -0.4 is 24.3 Å². The minimum atomic E-state index is -1.23. The summed E-state index contributed by atoms with van der Waals surface area (Å²) in [6, 6.07) is 18.8. The molecule has 0 unspecified atom stereocenters. The number of amides is 2. The molecule has 4 aromatic rings. The first kappa shape index (κ1) is 30.7. The Morgan fingerprint density at radius 1 is 1.04 bits per heavy atom. The molecular formula is C33H31IN2O9. The fourth-order valence-electron chi connectivity index (χ4n) is 5.49. The molecule has 2 aliphatic rings. The minimum absolute atomic E-state index is 0.0179. The van der Waals surface area contributed by atoms with Crippen molar-refractivity contribution in [1.82, 2.24) is 10.2 Å². The highest BCUT2D eigenvalue weighted by molar-refractivity contribution is 14.1. The molecule has 1 aliphatic heterocycles. The van der Waals surface area contributed by atoms with Gasteiger partial charge >= 0.3 is 0 Å². The molecule has 3 atom stereocenters. The second-order valence-electron chi connectivity index (χ2n) is 10.6. The van der Waals surface area contributed by atoms with Crippen LogP contribution in [0.5, 0.6) is 23.0 Å². The lowest BCUT2D eigenvalue weighted by molar-refractivity contribution is -0.118. The second kappa shape index (κ2) is 13.4. The number of aliphatic hydroxyl groups is 2. The van der Waals surface area contributed by atoms with Crippen molar-refractivity contribution in [2.45, 2.75) is 31.2 Å². The number of nitrogens with one attached hydrogen (secondary N) is 1. The van der Waals surface area contributed by atoms with E-state index in [1.807, 2.05) is 30.3 Å². The first-order chi connectivity index (χ1) is 21.9. The van der Waals surface area contributed by atoms with Crippen LogP contribution in [0.1, 0.15) is 22.5 Å². The van der Waals surface area contributed by atoms with Gasteiger partial charge in [-0.15, -0.1) is 0 Å². The predicted molar refractivity (Wildman–Crippen MR) is 171 cm³/mol. The summed E-state index contributed by atoms with van der Waals surface area (Å²) in [5.41, 5.74) is 1.44. The Morgan fingerprint density at radius 2 is 1.84 bits per heavy atom. The molecule has 45 heavy (non-hydrogen) atoms. The van der Waals surface area contributed by atoms with E-state index in [1.54, 1.807) is 42.5 Å². The molecule has 1 aromatic heterocycles. The molecule has 0 spiro atoms. The lowest BCUT2D eigenvalue weighted by atomic mass is 9.87. The van der Waals surface area contributed by atoms with Gasteiger partial charge in [0.05, 0.1) is 23.3 Å². The lowest BCUT2D eigenvalue weighted by Gasteiger charge is -2.40. The Kier molecular flexibility index (Phi) is 9.14. The van der Waals surface area contributed by atoms with Gasteiger partial charge in [-0.1, -0.05) is 30.3 Å². The fourth-order valence-corrected chi connectivity index (χ4v) is 6.00. The van der Waals surface area contributed by atoms with Crippen LogP contribution in [0.15, 0.2) is 82.8 Å². The van der Waals surface area contributed by atoms with Crippen molar-refractivity contribution in [3.8, 4) is 23.0 Å². The van der Waals surface area contributed by atoms with Crippen molar-refractivity contribution >= 4 is 45.4 Å². The zero-order chi connectivity index (χ0) is 31.5. The Balaban J connectivity index is 1.40. The van der Waals surface area contributed by atoms with Crippen molar-refractivity contribution in [1.29, 1.82) is 0 Å². The third-order valence-corrected chi connectivity index (χ3v) is 8.60. The molecule has 3 N–H and O–H groups in total. The quantitative estimate of drug-likeness (QED) is 0.207. The smallest absolute Gasteiger partial charge is 0.290 e. The van der Waals surface area contributed by atoms with Crippen LogP contribution in [0.3, 0.4) is 0 Å². The normalized spacial score (nSPS) is 18.8. The van der Waals surface area contributed by atoms with Gasteiger partial charge in [-0.3, -0.25) is 9.59 Å². The van der Waals surface area contributed by atoms with Crippen LogP contribution in [0.25, 0.3) is 11.0 Å². The highest BCUT2D eigenvalue weighted by Crippen LogP contribution is 2.36. The van der Waals surface area contributed by atoms with Gasteiger partial charge in [0.15, 0.2) is 28.6 Å². The number of para-hydroxylation sites is 2. The van der Waals surface area contributed by atoms with E-state index in [4.69, 9.17) is 23.4 Å². The summed E-state index contributed by atoms with van der Waals surface area (Å²) >= 11 is 2.14. The molecule has 11 nitrogen and oxygen atoms in total. The summed E-state index contributed by atoms with van der Waals surface area (Å²) < 4.78 is 29.6. The van der Waals surface area contributed by atoms with E-state index in [1.165, 1.54) is 12.0 Å².